The van der Waals surface area contributed by atoms with Gasteiger partial charge in [-0.2, -0.15) is 13.2 Å². The number of benzene rings is 1. The molecule has 242 valence electrons. The monoisotopic (exact) mass is 617 g/mol. The third kappa shape index (κ3) is 13.8. The van der Waals surface area contributed by atoms with E-state index in [-0.39, 0.29) is 6.42 Å². The number of hydrogen-bond acceptors (Lipinski definition) is 7. The van der Waals surface area contributed by atoms with Gasteiger partial charge in [-0.1, -0.05) is 44.2 Å². The van der Waals surface area contributed by atoms with Crippen LogP contribution in [-0.4, -0.2) is 76.9 Å². The second-order valence-electron chi connectivity index (χ2n) is 11.5. The van der Waals surface area contributed by atoms with Crippen LogP contribution in [0, 0.1) is 5.92 Å². The molecule has 43 heavy (non-hydrogen) atoms. The third-order valence-corrected chi connectivity index (χ3v) is 6.03. The van der Waals surface area contributed by atoms with E-state index in [1.807, 2.05) is 5.32 Å². The number of primary amides is 1. The Kier molecular flexibility index (Phi) is 13.9. The summed E-state index contributed by atoms with van der Waals surface area (Å²) in [6.07, 6.45) is -10.1. The van der Waals surface area contributed by atoms with E-state index in [0.29, 0.717) is 5.56 Å². The number of alkyl carbamates (subject to hydrolysis) is 1. The molecule has 0 heterocycles. The van der Waals surface area contributed by atoms with E-state index in [9.17, 15) is 42.3 Å². The number of hydrogen-bond donors (Lipinski definition) is 6. The van der Waals surface area contributed by atoms with Crippen LogP contribution in [0.3, 0.4) is 0 Å². The molecule has 5 atom stereocenters. The number of rotatable bonds is 14. The number of carbonyl (C=O) groups excluding carboxylic acids is 5. The number of ether oxygens (including phenoxy) is 1. The summed E-state index contributed by atoms with van der Waals surface area (Å²) in [6, 6.07) is 2.86. The minimum atomic E-state index is -5.10. The fourth-order valence-corrected chi connectivity index (χ4v) is 3.81. The van der Waals surface area contributed by atoms with Crippen LogP contribution < -0.4 is 27.0 Å². The molecule has 0 radical (unpaired) electrons. The first-order valence-electron chi connectivity index (χ1n) is 13.7. The molecule has 0 aliphatic heterocycles. The highest BCUT2D eigenvalue weighted by molar-refractivity contribution is 5.94. The molecule has 1 aromatic rings. The van der Waals surface area contributed by atoms with Gasteiger partial charge in [-0.15, -0.1) is 0 Å². The number of nitrogens with two attached hydrogens (primary N) is 1. The van der Waals surface area contributed by atoms with Gasteiger partial charge >= 0.3 is 12.3 Å². The van der Waals surface area contributed by atoms with Crippen molar-refractivity contribution < 1.29 is 47.0 Å². The molecule has 0 fully saturated rings. The molecule has 15 heteroatoms. The van der Waals surface area contributed by atoms with Gasteiger partial charge in [0.15, 0.2) is 6.10 Å². The lowest BCUT2D eigenvalue weighted by molar-refractivity contribution is -0.212. The van der Waals surface area contributed by atoms with Crippen molar-refractivity contribution in [1.29, 1.82) is 0 Å². The van der Waals surface area contributed by atoms with Crippen LogP contribution in [0.2, 0.25) is 0 Å². The summed E-state index contributed by atoms with van der Waals surface area (Å²) in [6.45, 7) is 9.49. The van der Waals surface area contributed by atoms with Crippen LogP contribution in [0.1, 0.15) is 59.9 Å². The topological polar surface area (TPSA) is 189 Å². The molecule has 5 amide bonds. The van der Waals surface area contributed by atoms with E-state index in [0.717, 1.165) is 0 Å². The number of halogens is 3. The lowest BCUT2D eigenvalue weighted by Crippen LogP contribution is -2.59. The van der Waals surface area contributed by atoms with Crippen molar-refractivity contribution in [2.45, 2.75) is 103 Å². The molecule has 0 aliphatic rings. The highest BCUT2D eigenvalue weighted by Crippen LogP contribution is 2.24. The maximum Gasteiger partial charge on any atom is 0.416 e. The quantitative estimate of drug-likeness (QED) is 0.182. The van der Waals surface area contributed by atoms with E-state index >= 15 is 0 Å². The highest BCUT2D eigenvalue weighted by atomic mass is 19.4. The normalized spacial score (nSPS) is 15.3. The fourth-order valence-electron chi connectivity index (χ4n) is 3.81. The number of nitrogens with one attached hydrogen (secondary N) is 4. The second-order valence-corrected chi connectivity index (χ2v) is 11.5. The van der Waals surface area contributed by atoms with Crippen LogP contribution in [-0.2, 0) is 30.3 Å². The van der Waals surface area contributed by atoms with Crippen molar-refractivity contribution in [2.75, 3.05) is 0 Å². The molecule has 1 rings (SSSR count). The van der Waals surface area contributed by atoms with Gasteiger partial charge < -0.3 is 36.8 Å². The van der Waals surface area contributed by atoms with Crippen molar-refractivity contribution >= 4 is 29.7 Å². The SMILES string of the molecule is CC(NC(=O)C(Cc1ccccc1)NC(=O)C(NC(=O)OC(C)(C)C)C(C)C)C(=O)NC(CCC(N)=O)C(O)C(F)(F)F. The fraction of sp³-hybridized carbons (Fsp3) is 0.607. The van der Waals surface area contributed by atoms with Crippen molar-refractivity contribution in [1.82, 2.24) is 21.3 Å². The van der Waals surface area contributed by atoms with E-state index < -0.39 is 90.5 Å². The number of amides is 5. The Morgan fingerprint density at radius 2 is 1.47 bits per heavy atom. The van der Waals surface area contributed by atoms with Gasteiger partial charge in [0.2, 0.25) is 23.6 Å². The Bertz CT molecular complexity index is 1110. The van der Waals surface area contributed by atoms with Crippen LogP contribution in [0.5, 0.6) is 0 Å². The van der Waals surface area contributed by atoms with Crippen molar-refractivity contribution in [3.63, 3.8) is 0 Å². The predicted molar refractivity (Wildman–Crippen MR) is 150 cm³/mol. The minimum absolute atomic E-state index is 0.0297. The van der Waals surface area contributed by atoms with Gasteiger partial charge in [-0.3, -0.25) is 19.2 Å². The van der Waals surface area contributed by atoms with Crippen LogP contribution in [0.15, 0.2) is 30.3 Å². The Hall–Kier alpha value is -3.88. The first-order valence-corrected chi connectivity index (χ1v) is 13.7. The molecule has 1 aromatic carbocycles. The minimum Gasteiger partial charge on any atom is -0.444 e. The Balaban J connectivity index is 3.11. The average molecular weight is 618 g/mol. The average Bonchev–Trinajstić information content (AvgIpc) is 2.87. The Morgan fingerprint density at radius 3 is 1.95 bits per heavy atom. The molecule has 7 N–H and O–H groups in total. The summed E-state index contributed by atoms with van der Waals surface area (Å²) >= 11 is 0. The summed E-state index contributed by atoms with van der Waals surface area (Å²) in [4.78, 5) is 62.7. The zero-order valence-electron chi connectivity index (χ0n) is 25.1. The standard InChI is InChI=1S/C28H42F3N5O7/c1-15(2)21(36-26(42)43-27(4,5)6)25(41)35-19(14-17-10-8-7-9-11-17)24(40)33-16(3)23(39)34-18(12-13-20(32)37)22(38)28(29,30)31/h7-11,15-16,18-19,21-22,38H,12-14H2,1-6H3,(H2,32,37)(H,33,40)(H,34,39)(H,35,41)(H,36,42). The number of aliphatic hydroxyl groups excluding tert-OH is 1. The summed E-state index contributed by atoms with van der Waals surface area (Å²) in [5.74, 6) is -3.99. The first kappa shape index (κ1) is 37.1. The zero-order valence-corrected chi connectivity index (χ0v) is 25.1. The molecule has 0 spiro atoms. The smallest absolute Gasteiger partial charge is 0.416 e. The van der Waals surface area contributed by atoms with E-state index in [4.69, 9.17) is 10.5 Å². The second kappa shape index (κ2) is 16.1. The van der Waals surface area contributed by atoms with Crippen LogP contribution >= 0.6 is 0 Å². The Labute approximate surface area is 248 Å². The molecule has 5 unspecified atom stereocenters. The van der Waals surface area contributed by atoms with Gasteiger partial charge in [0.1, 0.15) is 23.7 Å². The maximum absolute atomic E-state index is 13.3. The molecule has 12 nitrogen and oxygen atoms in total. The molecule has 0 bridgehead atoms. The largest absolute Gasteiger partial charge is 0.444 e. The van der Waals surface area contributed by atoms with E-state index in [2.05, 4.69) is 16.0 Å². The maximum atomic E-state index is 13.3. The summed E-state index contributed by atoms with van der Waals surface area (Å²) < 4.78 is 44.6. The van der Waals surface area contributed by atoms with Gasteiger partial charge in [-0.05, 0) is 45.6 Å². The molecule has 0 saturated heterocycles. The number of aliphatic hydroxyl groups is 1. The van der Waals surface area contributed by atoms with Crippen LogP contribution in [0.4, 0.5) is 18.0 Å². The first-order chi connectivity index (χ1) is 19.7. The lowest BCUT2D eigenvalue weighted by Gasteiger charge is -2.28. The molecule has 0 aliphatic carbocycles. The molecular formula is C28H42F3N5O7. The molecule has 0 aromatic heterocycles. The van der Waals surface area contributed by atoms with E-state index in [1.54, 1.807) is 65.0 Å². The van der Waals surface area contributed by atoms with Gasteiger partial charge in [0.05, 0.1) is 6.04 Å². The Morgan fingerprint density at radius 1 is 0.884 bits per heavy atom. The van der Waals surface area contributed by atoms with Crippen molar-refractivity contribution in [2.24, 2.45) is 11.7 Å². The van der Waals surface area contributed by atoms with E-state index in [1.165, 1.54) is 6.92 Å². The van der Waals surface area contributed by atoms with Gasteiger partial charge in [0, 0.05) is 12.8 Å². The van der Waals surface area contributed by atoms with Gasteiger partial charge in [0.25, 0.3) is 0 Å². The number of alkyl halides is 3. The molecular weight excluding hydrogens is 575 g/mol. The summed E-state index contributed by atoms with van der Waals surface area (Å²) in [5.41, 5.74) is 4.81. The third-order valence-electron chi connectivity index (χ3n) is 6.03. The highest BCUT2D eigenvalue weighted by Gasteiger charge is 2.44. The van der Waals surface area contributed by atoms with Crippen LogP contribution in [0.25, 0.3) is 0 Å². The van der Waals surface area contributed by atoms with Crippen molar-refractivity contribution in [3.8, 4) is 0 Å². The zero-order chi connectivity index (χ0) is 33.1. The van der Waals surface area contributed by atoms with Gasteiger partial charge in [-0.25, -0.2) is 4.79 Å². The molecule has 0 saturated carbocycles. The van der Waals surface area contributed by atoms with Crippen molar-refractivity contribution in [3.05, 3.63) is 35.9 Å². The lowest BCUT2D eigenvalue weighted by atomic mass is 10.0. The number of carbonyl (C=O) groups is 5. The summed E-state index contributed by atoms with van der Waals surface area (Å²) in [5, 5.41) is 19.1. The predicted octanol–water partition coefficient (Wildman–Crippen LogP) is 1.44. The summed E-state index contributed by atoms with van der Waals surface area (Å²) in [7, 11) is 0.